The minimum Gasteiger partial charge on any atom is -0.478 e. The van der Waals surface area contributed by atoms with Gasteiger partial charge in [-0.15, -0.1) is 0 Å². The second-order valence-corrected chi connectivity index (χ2v) is 7.75. The summed E-state index contributed by atoms with van der Waals surface area (Å²) in [5.41, 5.74) is 5.34. The first kappa shape index (κ1) is 15.0. The maximum atomic E-state index is 11.4. The van der Waals surface area contributed by atoms with Gasteiger partial charge in [0.15, 0.2) is 3.57 Å². The van der Waals surface area contributed by atoms with Crippen LogP contribution in [-0.4, -0.2) is 11.1 Å². The summed E-state index contributed by atoms with van der Waals surface area (Å²) in [6.07, 6.45) is 0. The van der Waals surface area contributed by atoms with Gasteiger partial charge in [-0.2, -0.15) is 0 Å². The number of aryl methyl sites for hydroxylation is 4. The second kappa shape index (κ2) is 5.95. The summed E-state index contributed by atoms with van der Waals surface area (Å²) in [6, 6.07) is 9.89. The molecule has 0 aromatic heterocycles. The van der Waals surface area contributed by atoms with Crippen LogP contribution in [0.25, 0.3) is 0 Å². The molecule has 20 heavy (non-hydrogen) atoms. The third-order valence-corrected chi connectivity index (χ3v) is 7.40. The molecule has 0 spiro atoms. The summed E-state index contributed by atoms with van der Waals surface area (Å²) in [5.74, 6) is -0.828. The summed E-state index contributed by atoms with van der Waals surface area (Å²) >= 11 is -0.485. The lowest BCUT2D eigenvalue weighted by atomic mass is 10.1. The van der Waals surface area contributed by atoms with Crippen LogP contribution in [0.1, 0.15) is 32.6 Å². The van der Waals surface area contributed by atoms with Crippen LogP contribution in [0, 0.1) is 34.8 Å². The van der Waals surface area contributed by atoms with Crippen LogP contribution in [0.2, 0.25) is 0 Å². The molecule has 0 saturated carbocycles. The number of hydrogen-bond acceptors (Lipinski definition) is 1. The Morgan fingerprint density at radius 1 is 0.950 bits per heavy atom. The molecular formula is C17H18IO2+. The Hall–Kier alpha value is -1.36. The summed E-state index contributed by atoms with van der Waals surface area (Å²) in [5, 5.41) is 9.37. The van der Waals surface area contributed by atoms with Crippen molar-refractivity contribution in [3.63, 3.8) is 0 Å². The highest BCUT2D eigenvalue weighted by atomic mass is 127. The minimum atomic E-state index is -0.828. The first-order valence-corrected chi connectivity index (χ1v) is 8.61. The fourth-order valence-electron chi connectivity index (χ4n) is 2.34. The van der Waals surface area contributed by atoms with Crippen molar-refractivity contribution in [2.45, 2.75) is 27.7 Å². The molecule has 2 aromatic rings. The maximum absolute atomic E-state index is 11.4. The van der Waals surface area contributed by atoms with Crippen molar-refractivity contribution >= 4 is 5.97 Å². The molecule has 0 aliphatic rings. The Balaban J connectivity index is 2.53. The SMILES string of the molecule is Cc1cc(C)c([I+]c2c(C)cccc2C(=O)O)c(C)c1. The van der Waals surface area contributed by atoms with Gasteiger partial charge in [-0.3, -0.25) is 0 Å². The van der Waals surface area contributed by atoms with Crippen molar-refractivity contribution in [1.82, 2.24) is 0 Å². The minimum absolute atomic E-state index is 0.456. The molecule has 2 aromatic carbocycles. The van der Waals surface area contributed by atoms with Gasteiger partial charge in [-0.05, 0) is 33.8 Å². The van der Waals surface area contributed by atoms with E-state index in [9.17, 15) is 9.90 Å². The highest BCUT2D eigenvalue weighted by Crippen LogP contribution is 2.09. The van der Waals surface area contributed by atoms with E-state index in [1.807, 2.05) is 19.1 Å². The highest BCUT2D eigenvalue weighted by molar-refractivity contribution is 5.87. The number of carboxylic acids is 1. The van der Waals surface area contributed by atoms with Crippen LogP contribution in [0.3, 0.4) is 0 Å². The number of halogens is 1. The molecule has 0 aliphatic heterocycles. The van der Waals surface area contributed by atoms with Crippen LogP contribution >= 0.6 is 0 Å². The molecule has 3 heteroatoms. The molecule has 2 nitrogen and oxygen atoms in total. The number of hydrogen-bond donors (Lipinski definition) is 1. The van der Waals surface area contributed by atoms with Crippen LogP contribution in [-0.2, 0) is 0 Å². The quantitative estimate of drug-likeness (QED) is 0.797. The maximum Gasteiger partial charge on any atom is 0.359 e. The Labute approximate surface area is 130 Å². The third-order valence-electron chi connectivity index (χ3n) is 3.19. The zero-order chi connectivity index (χ0) is 14.9. The third kappa shape index (κ3) is 3.03. The molecule has 0 aliphatic carbocycles. The summed E-state index contributed by atoms with van der Waals surface area (Å²) < 4.78 is 2.36. The average Bonchev–Trinajstić information content (AvgIpc) is 2.34. The number of aromatic carboxylic acids is 1. The average molecular weight is 381 g/mol. The predicted octanol–water partition coefficient (Wildman–Crippen LogP) is 0.747. The van der Waals surface area contributed by atoms with E-state index in [2.05, 4.69) is 32.9 Å². The molecule has 0 radical (unpaired) electrons. The summed E-state index contributed by atoms with van der Waals surface area (Å²) in [6.45, 7) is 8.33. The van der Waals surface area contributed by atoms with E-state index in [-0.39, 0.29) is 0 Å². The van der Waals surface area contributed by atoms with Gasteiger partial charge in [-0.1, -0.05) is 29.8 Å². The Kier molecular flexibility index (Phi) is 4.48. The molecule has 0 bridgehead atoms. The van der Waals surface area contributed by atoms with E-state index in [1.54, 1.807) is 6.07 Å². The molecule has 0 saturated heterocycles. The van der Waals surface area contributed by atoms with Crippen LogP contribution in [0.4, 0.5) is 0 Å². The molecule has 0 fully saturated rings. The molecule has 0 heterocycles. The Morgan fingerprint density at radius 3 is 2.10 bits per heavy atom. The number of carboxylic acid groups (broad SMARTS) is 1. The van der Waals surface area contributed by atoms with Gasteiger partial charge in [-0.25, -0.2) is 4.79 Å². The fourth-order valence-corrected chi connectivity index (χ4v) is 5.35. The zero-order valence-corrected chi connectivity index (χ0v) is 14.3. The van der Waals surface area contributed by atoms with Crippen LogP contribution in [0.5, 0.6) is 0 Å². The monoisotopic (exact) mass is 381 g/mol. The molecule has 104 valence electrons. The van der Waals surface area contributed by atoms with Crippen molar-refractivity contribution in [2.24, 2.45) is 0 Å². The van der Waals surface area contributed by atoms with Crippen LogP contribution in [0.15, 0.2) is 30.3 Å². The standard InChI is InChI=1S/C17H17IO2/c1-10-8-12(3)15(13(4)9-10)18-16-11(2)6-5-7-14(16)17(19)20/h5-9H,1-4H3/p+1. The summed E-state index contributed by atoms with van der Waals surface area (Å²) in [7, 11) is 0. The van der Waals surface area contributed by atoms with Crippen molar-refractivity contribution in [3.8, 4) is 0 Å². The van der Waals surface area contributed by atoms with E-state index in [0.717, 1.165) is 9.13 Å². The van der Waals surface area contributed by atoms with E-state index in [0.29, 0.717) is 5.56 Å². The lowest BCUT2D eigenvalue weighted by Crippen LogP contribution is -3.62. The lowest BCUT2D eigenvalue weighted by Gasteiger charge is -2.03. The fraction of sp³-hybridized carbons (Fsp3) is 0.235. The van der Waals surface area contributed by atoms with Gasteiger partial charge >= 0.3 is 27.2 Å². The van der Waals surface area contributed by atoms with Crippen molar-refractivity contribution in [1.29, 1.82) is 0 Å². The number of carbonyl (C=O) groups is 1. The van der Waals surface area contributed by atoms with Gasteiger partial charge < -0.3 is 5.11 Å². The molecule has 0 amide bonds. The topological polar surface area (TPSA) is 37.3 Å². The number of benzene rings is 2. The van der Waals surface area contributed by atoms with Gasteiger partial charge in [0, 0.05) is 16.7 Å². The number of rotatable bonds is 3. The zero-order valence-electron chi connectivity index (χ0n) is 12.1. The van der Waals surface area contributed by atoms with Gasteiger partial charge in [0.05, 0.1) is 0 Å². The predicted molar refractivity (Wildman–Crippen MR) is 76.2 cm³/mol. The highest BCUT2D eigenvalue weighted by Gasteiger charge is 2.28. The lowest BCUT2D eigenvalue weighted by molar-refractivity contribution is -0.599. The van der Waals surface area contributed by atoms with Crippen molar-refractivity contribution < 1.29 is 31.1 Å². The molecule has 0 atom stereocenters. The molecule has 2 rings (SSSR count). The Bertz CT molecular complexity index is 652. The molecule has 0 unspecified atom stereocenters. The normalized spacial score (nSPS) is 10.6. The molecular weight excluding hydrogens is 363 g/mol. The van der Waals surface area contributed by atoms with E-state index >= 15 is 0 Å². The first-order valence-electron chi connectivity index (χ1n) is 6.45. The largest absolute Gasteiger partial charge is 0.478 e. The molecule has 1 N–H and O–H groups in total. The van der Waals surface area contributed by atoms with Crippen LogP contribution < -0.4 is 21.2 Å². The summed E-state index contributed by atoms with van der Waals surface area (Å²) in [4.78, 5) is 11.4. The van der Waals surface area contributed by atoms with Crippen molar-refractivity contribution in [2.75, 3.05) is 0 Å². The van der Waals surface area contributed by atoms with Gasteiger partial charge in [0.2, 0.25) is 3.57 Å². The van der Waals surface area contributed by atoms with Gasteiger partial charge in [0.1, 0.15) is 5.56 Å². The van der Waals surface area contributed by atoms with E-state index in [1.165, 1.54) is 20.3 Å². The van der Waals surface area contributed by atoms with E-state index in [4.69, 9.17) is 0 Å². The smallest absolute Gasteiger partial charge is 0.359 e. The van der Waals surface area contributed by atoms with Gasteiger partial charge in [0.25, 0.3) is 0 Å². The van der Waals surface area contributed by atoms with Crippen molar-refractivity contribution in [3.05, 3.63) is 65.3 Å². The Morgan fingerprint density at radius 2 is 1.55 bits per heavy atom. The first-order chi connectivity index (χ1) is 9.40. The second-order valence-electron chi connectivity index (χ2n) is 5.05. The van der Waals surface area contributed by atoms with E-state index < -0.39 is 27.2 Å².